The van der Waals surface area contributed by atoms with E-state index in [9.17, 15) is 4.79 Å². The number of aliphatic hydroxyl groups excluding tert-OH is 1. The Morgan fingerprint density at radius 1 is 1.64 bits per heavy atom. The summed E-state index contributed by atoms with van der Waals surface area (Å²) >= 11 is 0. The molecule has 0 aliphatic carbocycles. The van der Waals surface area contributed by atoms with Gasteiger partial charge in [-0.05, 0) is 32.2 Å². The normalized spacial score (nSPS) is 25.1. The van der Waals surface area contributed by atoms with Crippen LogP contribution in [0.5, 0.6) is 0 Å². The highest BCUT2D eigenvalue weighted by molar-refractivity contribution is 5.67. The number of aliphatic hydroxyl groups is 1. The molecule has 0 amide bonds. The summed E-state index contributed by atoms with van der Waals surface area (Å²) in [5, 5.41) is 17.4. The predicted molar refractivity (Wildman–Crippen MR) is 53.1 cm³/mol. The molecule has 4 nitrogen and oxygen atoms in total. The quantitative estimate of drug-likeness (QED) is 0.682. The minimum atomic E-state index is -0.733. The zero-order valence-corrected chi connectivity index (χ0v) is 8.65. The van der Waals surface area contributed by atoms with Gasteiger partial charge in [0.15, 0.2) is 0 Å². The number of carboxylic acid groups (broad SMARTS) is 1. The Morgan fingerprint density at radius 2 is 2.36 bits per heavy atom. The van der Waals surface area contributed by atoms with Crippen molar-refractivity contribution in [1.29, 1.82) is 0 Å². The summed E-state index contributed by atoms with van der Waals surface area (Å²) in [5.74, 6) is -0.181. The van der Waals surface area contributed by atoms with Crippen LogP contribution in [0.3, 0.4) is 0 Å². The van der Waals surface area contributed by atoms with Crippen LogP contribution >= 0.6 is 0 Å². The second-order valence-corrected chi connectivity index (χ2v) is 4.11. The average molecular weight is 201 g/mol. The molecule has 1 fully saturated rings. The Bertz CT molecular complexity index is 196. The summed E-state index contributed by atoms with van der Waals surface area (Å²) in [6, 6.07) is 0.121. The maximum Gasteiger partial charge on any atom is 0.304 e. The van der Waals surface area contributed by atoms with Crippen molar-refractivity contribution in [1.82, 2.24) is 4.90 Å². The van der Waals surface area contributed by atoms with Gasteiger partial charge in [0.1, 0.15) is 0 Å². The summed E-state index contributed by atoms with van der Waals surface area (Å²) in [4.78, 5) is 12.7. The number of carbonyl (C=O) groups is 1. The highest BCUT2D eigenvalue weighted by atomic mass is 16.4. The fraction of sp³-hybridized carbons (Fsp3) is 0.900. The third-order valence-corrected chi connectivity index (χ3v) is 2.95. The van der Waals surface area contributed by atoms with E-state index in [0.717, 1.165) is 25.9 Å². The van der Waals surface area contributed by atoms with Crippen LogP contribution in [0.4, 0.5) is 0 Å². The average Bonchev–Trinajstić information content (AvgIpc) is 2.52. The first-order valence-corrected chi connectivity index (χ1v) is 5.20. The topological polar surface area (TPSA) is 60.8 Å². The minimum absolute atomic E-state index is 0.121. The monoisotopic (exact) mass is 201 g/mol. The highest BCUT2D eigenvalue weighted by Crippen LogP contribution is 2.22. The summed E-state index contributed by atoms with van der Waals surface area (Å²) in [6.07, 6.45) is 2.15. The van der Waals surface area contributed by atoms with Crippen molar-refractivity contribution in [3.8, 4) is 0 Å². The number of carboxylic acids is 1. The van der Waals surface area contributed by atoms with E-state index >= 15 is 0 Å². The van der Waals surface area contributed by atoms with Gasteiger partial charge in [-0.1, -0.05) is 0 Å². The second kappa shape index (κ2) is 5.32. The van der Waals surface area contributed by atoms with Gasteiger partial charge >= 0.3 is 5.97 Å². The lowest BCUT2D eigenvalue weighted by Gasteiger charge is -2.22. The summed E-state index contributed by atoms with van der Waals surface area (Å²) in [6.45, 7) is 4.11. The molecular weight excluding hydrogens is 182 g/mol. The van der Waals surface area contributed by atoms with Crippen LogP contribution in [0.1, 0.15) is 26.2 Å². The fourth-order valence-electron chi connectivity index (χ4n) is 2.06. The fourth-order valence-corrected chi connectivity index (χ4v) is 2.06. The Labute approximate surface area is 84.5 Å². The molecule has 4 heteroatoms. The van der Waals surface area contributed by atoms with Crippen LogP contribution in [0, 0.1) is 5.92 Å². The molecule has 0 radical (unpaired) electrons. The molecule has 1 heterocycles. The van der Waals surface area contributed by atoms with Gasteiger partial charge in [-0.25, -0.2) is 0 Å². The van der Waals surface area contributed by atoms with Crippen molar-refractivity contribution in [3.05, 3.63) is 0 Å². The minimum Gasteiger partial charge on any atom is -0.481 e. The van der Waals surface area contributed by atoms with E-state index in [1.807, 2.05) is 6.92 Å². The third-order valence-electron chi connectivity index (χ3n) is 2.95. The molecule has 0 saturated carbocycles. The molecule has 1 aliphatic heterocycles. The van der Waals surface area contributed by atoms with E-state index in [2.05, 4.69) is 4.90 Å². The predicted octanol–water partition coefficient (Wildman–Crippen LogP) is 0.554. The van der Waals surface area contributed by atoms with Gasteiger partial charge in [-0.15, -0.1) is 0 Å². The van der Waals surface area contributed by atoms with Gasteiger partial charge in [-0.2, -0.15) is 0 Å². The van der Waals surface area contributed by atoms with E-state index in [-0.39, 0.29) is 19.1 Å². The molecular formula is C10H19NO3. The summed E-state index contributed by atoms with van der Waals surface area (Å²) < 4.78 is 0. The van der Waals surface area contributed by atoms with Crippen LogP contribution in [0.2, 0.25) is 0 Å². The SMILES string of the molecule is CC(CC(=O)O)N1CCC(CCO)C1. The lowest BCUT2D eigenvalue weighted by molar-refractivity contribution is -0.138. The number of aliphatic carboxylic acids is 1. The van der Waals surface area contributed by atoms with Crippen molar-refractivity contribution in [2.24, 2.45) is 5.92 Å². The molecule has 0 spiro atoms. The molecule has 1 rings (SSSR count). The smallest absolute Gasteiger partial charge is 0.304 e. The van der Waals surface area contributed by atoms with Gasteiger partial charge in [0.05, 0.1) is 6.42 Å². The van der Waals surface area contributed by atoms with Crippen molar-refractivity contribution < 1.29 is 15.0 Å². The van der Waals surface area contributed by atoms with Crippen LogP contribution in [-0.2, 0) is 4.79 Å². The van der Waals surface area contributed by atoms with Gasteiger partial charge in [0.25, 0.3) is 0 Å². The van der Waals surface area contributed by atoms with Crippen molar-refractivity contribution in [2.75, 3.05) is 19.7 Å². The van der Waals surface area contributed by atoms with E-state index in [4.69, 9.17) is 10.2 Å². The number of likely N-dealkylation sites (tertiary alicyclic amines) is 1. The molecule has 1 saturated heterocycles. The molecule has 14 heavy (non-hydrogen) atoms. The van der Waals surface area contributed by atoms with Crippen molar-refractivity contribution in [2.45, 2.75) is 32.2 Å². The highest BCUT2D eigenvalue weighted by Gasteiger charge is 2.26. The first-order chi connectivity index (χ1) is 6.63. The largest absolute Gasteiger partial charge is 0.481 e. The zero-order valence-electron chi connectivity index (χ0n) is 8.65. The van der Waals surface area contributed by atoms with E-state index in [1.165, 1.54) is 0 Å². The molecule has 2 unspecified atom stereocenters. The Hall–Kier alpha value is -0.610. The molecule has 2 N–H and O–H groups in total. The first kappa shape index (κ1) is 11.5. The standard InChI is InChI=1S/C10H19NO3/c1-8(6-10(13)14)11-4-2-9(7-11)3-5-12/h8-9,12H,2-7H2,1H3,(H,13,14). The van der Waals surface area contributed by atoms with Gasteiger partial charge < -0.3 is 10.2 Å². The van der Waals surface area contributed by atoms with Gasteiger partial charge in [0, 0.05) is 19.2 Å². The number of nitrogens with zero attached hydrogens (tertiary/aromatic N) is 1. The lowest BCUT2D eigenvalue weighted by atomic mass is 10.1. The van der Waals surface area contributed by atoms with E-state index in [1.54, 1.807) is 0 Å². The van der Waals surface area contributed by atoms with E-state index < -0.39 is 5.97 Å². The molecule has 82 valence electrons. The molecule has 0 aromatic carbocycles. The van der Waals surface area contributed by atoms with Gasteiger partial charge in [-0.3, -0.25) is 9.69 Å². The molecule has 0 aromatic rings. The van der Waals surface area contributed by atoms with Crippen LogP contribution < -0.4 is 0 Å². The maximum atomic E-state index is 10.5. The summed E-state index contributed by atoms with van der Waals surface area (Å²) in [7, 11) is 0. The zero-order chi connectivity index (χ0) is 10.6. The van der Waals surface area contributed by atoms with Crippen molar-refractivity contribution in [3.63, 3.8) is 0 Å². The maximum absolute atomic E-state index is 10.5. The molecule has 0 aromatic heterocycles. The van der Waals surface area contributed by atoms with Gasteiger partial charge in [0.2, 0.25) is 0 Å². The Morgan fingerprint density at radius 3 is 2.93 bits per heavy atom. The van der Waals surface area contributed by atoms with Crippen LogP contribution in [0.15, 0.2) is 0 Å². The molecule has 2 atom stereocenters. The molecule has 1 aliphatic rings. The number of rotatable bonds is 5. The first-order valence-electron chi connectivity index (χ1n) is 5.20. The lowest BCUT2D eigenvalue weighted by Crippen LogP contribution is -2.32. The van der Waals surface area contributed by atoms with Crippen LogP contribution in [-0.4, -0.2) is 46.8 Å². The Balaban J connectivity index is 2.30. The Kier molecular flexibility index (Phi) is 4.35. The second-order valence-electron chi connectivity index (χ2n) is 4.11. The van der Waals surface area contributed by atoms with E-state index in [0.29, 0.717) is 5.92 Å². The van der Waals surface area contributed by atoms with Crippen LogP contribution in [0.25, 0.3) is 0 Å². The number of hydrogen-bond acceptors (Lipinski definition) is 3. The summed E-state index contributed by atoms with van der Waals surface area (Å²) in [5.41, 5.74) is 0. The number of hydrogen-bond donors (Lipinski definition) is 2. The van der Waals surface area contributed by atoms with Crippen molar-refractivity contribution >= 4 is 5.97 Å². The third kappa shape index (κ3) is 3.27. The molecule has 0 bridgehead atoms.